The molecule has 1 N–H and O–H groups in total. The number of rotatable bonds is 5. The van der Waals surface area contributed by atoms with Gasteiger partial charge < -0.3 is 14.7 Å². The maximum absolute atomic E-state index is 12.8. The molecule has 0 radical (unpaired) electrons. The standard InChI is InChI=1S/C23H23ClN4O3/c1-15(25-21(29)17-5-3-2-4-6-17)23(30)28-13-11-18(12-14-28)22-26-20(27-31-22)16-7-9-19(24)10-8-16/h2-10,15,18H,11-14H2,1H3,(H,25,29). The van der Waals surface area contributed by atoms with Crippen LogP contribution in [0.1, 0.15) is 41.9 Å². The van der Waals surface area contributed by atoms with Crippen LogP contribution in [0, 0.1) is 0 Å². The van der Waals surface area contributed by atoms with Crippen LogP contribution in [0.5, 0.6) is 0 Å². The summed E-state index contributed by atoms with van der Waals surface area (Å²) in [6.45, 7) is 2.87. The molecule has 1 fully saturated rings. The third kappa shape index (κ3) is 4.94. The highest BCUT2D eigenvalue weighted by atomic mass is 35.5. The molecule has 7 nitrogen and oxygen atoms in total. The first-order chi connectivity index (χ1) is 15.0. The van der Waals surface area contributed by atoms with Crippen LogP contribution in [-0.2, 0) is 4.79 Å². The number of hydrogen-bond donors (Lipinski definition) is 1. The van der Waals surface area contributed by atoms with Gasteiger partial charge in [0.25, 0.3) is 5.91 Å². The third-order valence-electron chi connectivity index (χ3n) is 5.45. The number of benzene rings is 2. The van der Waals surface area contributed by atoms with E-state index in [0.29, 0.717) is 35.4 Å². The molecule has 2 aromatic carbocycles. The summed E-state index contributed by atoms with van der Waals surface area (Å²) in [4.78, 5) is 31.4. The van der Waals surface area contributed by atoms with Gasteiger partial charge in [0.05, 0.1) is 0 Å². The molecular formula is C23H23ClN4O3. The second-order valence-electron chi connectivity index (χ2n) is 7.62. The fourth-order valence-electron chi connectivity index (χ4n) is 3.67. The molecule has 0 saturated carbocycles. The maximum Gasteiger partial charge on any atom is 0.251 e. The van der Waals surface area contributed by atoms with Gasteiger partial charge in [-0.3, -0.25) is 9.59 Å². The number of aromatic nitrogens is 2. The molecule has 1 saturated heterocycles. The minimum Gasteiger partial charge on any atom is -0.341 e. The van der Waals surface area contributed by atoms with Crippen molar-refractivity contribution in [1.29, 1.82) is 0 Å². The fraction of sp³-hybridized carbons (Fsp3) is 0.304. The fourth-order valence-corrected chi connectivity index (χ4v) is 3.80. The Balaban J connectivity index is 1.31. The van der Waals surface area contributed by atoms with Crippen molar-refractivity contribution in [1.82, 2.24) is 20.4 Å². The van der Waals surface area contributed by atoms with E-state index in [1.807, 2.05) is 18.2 Å². The maximum atomic E-state index is 12.8. The summed E-state index contributed by atoms with van der Waals surface area (Å²) in [5, 5.41) is 7.51. The van der Waals surface area contributed by atoms with Gasteiger partial charge in [-0.1, -0.05) is 35.0 Å². The minimum absolute atomic E-state index is 0.0879. The number of carbonyl (C=O) groups excluding carboxylic acids is 2. The van der Waals surface area contributed by atoms with Gasteiger partial charge in [-0.15, -0.1) is 0 Å². The molecule has 0 aliphatic carbocycles. The Morgan fingerprint density at radius 3 is 2.45 bits per heavy atom. The van der Waals surface area contributed by atoms with Crippen molar-refractivity contribution in [2.75, 3.05) is 13.1 Å². The normalized spacial score (nSPS) is 15.5. The van der Waals surface area contributed by atoms with E-state index in [1.54, 1.807) is 48.2 Å². The van der Waals surface area contributed by atoms with Crippen molar-refractivity contribution >= 4 is 23.4 Å². The number of nitrogens with one attached hydrogen (secondary N) is 1. The zero-order valence-corrected chi connectivity index (χ0v) is 17.9. The number of amides is 2. The van der Waals surface area contributed by atoms with Crippen LogP contribution in [-0.4, -0.2) is 46.0 Å². The summed E-state index contributed by atoms with van der Waals surface area (Å²) in [5.74, 6) is 0.878. The lowest BCUT2D eigenvalue weighted by atomic mass is 9.96. The van der Waals surface area contributed by atoms with E-state index in [1.165, 1.54) is 0 Å². The van der Waals surface area contributed by atoms with Crippen LogP contribution < -0.4 is 5.32 Å². The van der Waals surface area contributed by atoms with Crippen molar-refractivity contribution in [3.63, 3.8) is 0 Å². The Hall–Kier alpha value is -3.19. The van der Waals surface area contributed by atoms with Gasteiger partial charge in [0.2, 0.25) is 17.6 Å². The second kappa shape index (κ2) is 9.31. The molecule has 0 spiro atoms. The van der Waals surface area contributed by atoms with E-state index >= 15 is 0 Å². The Labute approximate surface area is 185 Å². The summed E-state index contributed by atoms with van der Waals surface area (Å²) in [6.07, 6.45) is 1.46. The van der Waals surface area contributed by atoms with Crippen molar-refractivity contribution in [3.8, 4) is 11.4 Å². The number of nitrogens with zero attached hydrogens (tertiary/aromatic N) is 3. The van der Waals surface area contributed by atoms with E-state index in [9.17, 15) is 9.59 Å². The molecule has 1 aliphatic rings. The van der Waals surface area contributed by atoms with Crippen LogP contribution in [0.3, 0.4) is 0 Å². The van der Waals surface area contributed by atoms with Gasteiger partial charge in [0, 0.05) is 35.2 Å². The highest BCUT2D eigenvalue weighted by Crippen LogP contribution is 2.29. The first-order valence-corrected chi connectivity index (χ1v) is 10.6. The molecule has 1 aromatic heterocycles. The molecule has 2 amide bonds. The molecule has 0 bridgehead atoms. The molecule has 31 heavy (non-hydrogen) atoms. The summed E-state index contributed by atoms with van der Waals surface area (Å²) >= 11 is 5.93. The van der Waals surface area contributed by atoms with E-state index in [4.69, 9.17) is 16.1 Å². The SMILES string of the molecule is CC(NC(=O)c1ccccc1)C(=O)N1CCC(c2nc(-c3ccc(Cl)cc3)no2)CC1. The summed E-state index contributed by atoms with van der Waals surface area (Å²) in [7, 11) is 0. The molecule has 1 atom stereocenters. The van der Waals surface area contributed by atoms with Crippen molar-refractivity contribution < 1.29 is 14.1 Å². The lowest BCUT2D eigenvalue weighted by Gasteiger charge is -2.32. The van der Waals surface area contributed by atoms with Gasteiger partial charge in [0.15, 0.2) is 0 Å². The average molecular weight is 439 g/mol. The Morgan fingerprint density at radius 1 is 1.10 bits per heavy atom. The first kappa shape index (κ1) is 21.1. The predicted octanol–water partition coefficient (Wildman–Crippen LogP) is 3.91. The van der Waals surface area contributed by atoms with E-state index < -0.39 is 6.04 Å². The van der Waals surface area contributed by atoms with Crippen LogP contribution >= 0.6 is 11.6 Å². The molecule has 8 heteroatoms. The van der Waals surface area contributed by atoms with Gasteiger partial charge in [-0.2, -0.15) is 4.98 Å². The van der Waals surface area contributed by atoms with E-state index in [2.05, 4.69) is 15.5 Å². The quantitative estimate of drug-likeness (QED) is 0.652. The smallest absolute Gasteiger partial charge is 0.251 e. The largest absolute Gasteiger partial charge is 0.341 e. The number of likely N-dealkylation sites (tertiary alicyclic amines) is 1. The summed E-state index contributed by atoms with van der Waals surface area (Å²) in [5.41, 5.74) is 1.38. The monoisotopic (exact) mass is 438 g/mol. The van der Waals surface area contributed by atoms with Gasteiger partial charge in [-0.25, -0.2) is 0 Å². The Kier molecular flexibility index (Phi) is 6.32. The summed E-state index contributed by atoms with van der Waals surface area (Å²) in [6, 6.07) is 15.6. The number of carbonyl (C=O) groups is 2. The van der Waals surface area contributed by atoms with Crippen molar-refractivity contribution in [3.05, 3.63) is 71.1 Å². The molecule has 2 heterocycles. The van der Waals surface area contributed by atoms with Gasteiger partial charge in [0.1, 0.15) is 6.04 Å². The lowest BCUT2D eigenvalue weighted by Crippen LogP contribution is -2.49. The van der Waals surface area contributed by atoms with Crippen LogP contribution in [0.2, 0.25) is 5.02 Å². The van der Waals surface area contributed by atoms with Gasteiger partial charge in [-0.05, 0) is 56.2 Å². The zero-order chi connectivity index (χ0) is 21.8. The zero-order valence-electron chi connectivity index (χ0n) is 17.1. The minimum atomic E-state index is -0.593. The molecule has 160 valence electrons. The first-order valence-electron chi connectivity index (χ1n) is 10.3. The highest BCUT2D eigenvalue weighted by Gasteiger charge is 2.30. The molecule has 3 aromatic rings. The van der Waals surface area contributed by atoms with Gasteiger partial charge >= 0.3 is 0 Å². The van der Waals surface area contributed by atoms with E-state index in [0.717, 1.165) is 18.4 Å². The predicted molar refractivity (Wildman–Crippen MR) is 117 cm³/mol. The average Bonchev–Trinajstić information content (AvgIpc) is 3.30. The van der Waals surface area contributed by atoms with E-state index in [-0.39, 0.29) is 17.7 Å². The highest BCUT2D eigenvalue weighted by molar-refractivity contribution is 6.30. The second-order valence-corrected chi connectivity index (χ2v) is 8.06. The Bertz CT molecular complexity index is 1040. The van der Waals surface area contributed by atoms with Crippen LogP contribution in [0.15, 0.2) is 59.1 Å². The number of halogens is 1. The van der Waals surface area contributed by atoms with Crippen molar-refractivity contribution in [2.24, 2.45) is 0 Å². The van der Waals surface area contributed by atoms with Crippen molar-refractivity contribution in [2.45, 2.75) is 31.7 Å². The Morgan fingerprint density at radius 2 is 1.77 bits per heavy atom. The molecular weight excluding hydrogens is 416 g/mol. The molecule has 4 rings (SSSR count). The number of piperidine rings is 1. The molecule has 1 aliphatic heterocycles. The lowest BCUT2D eigenvalue weighted by molar-refractivity contribution is -0.134. The summed E-state index contributed by atoms with van der Waals surface area (Å²) < 4.78 is 5.48. The topological polar surface area (TPSA) is 88.3 Å². The van der Waals surface area contributed by atoms with Crippen LogP contribution in [0.25, 0.3) is 11.4 Å². The number of hydrogen-bond acceptors (Lipinski definition) is 5. The molecule has 1 unspecified atom stereocenters. The van der Waals surface area contributed by atoms with Crippen LogP contribution in [0.4, 0.5) is 0 Å². The third-order valence-corrected chi connectivity index (χ3v) is 5.71.